The number of likely N-dealkylation sites (N-methyl/N-ethyl adjacent to an activating group) is 1. The topological polar surface area (TPSA) is 101 Å². The van der Waals surface area contributed by atoms with E-state index in [0.29, 0.717) is 31.0 Å². The first-order valence-corrected chi connectivity index (χ1v) is 12.0. The van der Waals surface area contributed by atoms with Crippen LogP contribution in [-0.4, -0.2) is 54.9 Å². The summed E-state index contributed by atoms with van der Waals surface area (Å²) in [6.07, 6.45) is 1.69. The van der Waals surface area contributed by atoms with Crippen LogP contribution in [0.4, 0.5) is 11.5 Å². The number of nitriles is 1. The van der Waals surface area contributed by atoms with Crippen LogP contribution in [0.1, 0.15) is 35.6 Å². The maximum atomic E-state index is 13.3. The lowest BCUT2D eigenvalue weighted by atomic mass is 9.98. The van der Waals surface area contributed by atoms with Crippen molar-refractivity contribution in [3.8, 4) is 6.07 Å². The second kappa shape index (κ2) is 11.5. The third kappa shape index (κ3) is 6.06. The Kier molecular flexibility index (Phi) is 7.93. The highest BCUT2D eigenvalue weighted by Crippen LogP contribution is 2.21. The van der Waals surface area contributed by atoms with E-state index < -0.39 is 6.04 Å². The zero-order valence-electron chi connectivity index (χ0n) is 20.5. The Morgan fingerprint density at radius 3 is 2.44 bits per heavy atom. The number of hydrogen-bond acceptors (Lipinski definition) is 6. The molecule has 8 nitrogen and oxygen atoms in total. The number of carbonyl (C=O) groups is 2. The first kappa shape index (κ1) is 24.9. The molecule has 2 atom stereocenters. The molecule has 4 rings (SSSR count). The van der Waals surface area contributed by atoms with Gasteiger partial charge >= 0.3 is 0 Å². The van der Waals surface area contributed by atoms with Crippen molar-refractivity contribution < 1.29 is 9.59 Å². The molecule has 3 aromatic rings. The minimum atomic E-state index is -0.566. The lowest BCUT2D eigenvalue weighted by Crippen LogP contribution is -2.48. The molecular weight excluding hydrogens is 452 g/mol. The summed E-state index contributed by atoms with van der Waals surface area (Å²) in [4.78, 5) is 33.4. The molecule has 2 heterocycles. The fourth-order valence-electron chi connectivity index (χ4n) is 4.13. The summed E-state index contributed by atoms with van der Waals surface area (Å²) < 4.78 is 0. The molecule has 1 aliphatic rings. The van der Waals surface area contributed by atoms with Crippen LogP contribution in [0.2, 0.25) is 0 Å². The van der Waals surface area contributed by atoms with Gasteiger partial charge in [-0.25, -0.2) is 4.98 Å². The van der Waals surface area contributed by atoms with E-state index in [2.05, 4.69) is 28.6 Å². The molecule has 1 aromatic heterocycles. The molecule has 8 heteroatoms. The number of carbonyl (C=O) groups excluding carboxylic acids is 2. The quantitative estimate of drug-likeness (QED) is 0.511. The van der Waals surface area contributed by atoms with Gasteiger partial charge in [0.1, 0.15) is 11.9 Å². The number of hydrogen-bond donors (Lipinski definition) is 2. The van der Waals surface area contributed by atoms with Gasteiger partial charge in [0, 0.05) is 26.7 Å². The fourth-order valence-corrected chi connectivity index (χ4v) is 4.13. The van der Waals surface area contributed by atoms with Crippen LogP contribution in [0.15, 0.2) is 72.9 Å². The molecule has 2 N–H and O–H groups in total. The Morgan fingerprint density at radius 1 is 1.06 bits per heavy atom. The van der Waals surface area contributed by atoms with Crippen LogP contribution in [0.25, 0.3) is 0 Å². The number of rotatable bonds is 8. The summed E-state index contributed by atoms with van der Waals surface area (Å²) in [5, 5.41) is 15.3. The van der Waals surface area contributed by atoms with E-state index in [1.807, 2.05) is 53.4 Å². The van der Waals surface area contributed by atoms with Crippen molar-refractivity contribution >= 4 is 23.3 Å². The maximum absolute atomic E-state index is 13.3. The summed E-state index contributed by atoms with van der Waals surface area (Å²) in [6.45, 7) is 4.39. The van der Waals surface area contributed by atoms with Crippen molar-refractivity contribution in [2.75, 3.05) is 43.4 Å². The number of pyridine rings is 1. The van der Waals surface area contributed by atoms with E-state index in [-0.39, 0.29) is 17.7 Å². The van der Waals surface area contributed by atoms with Gasteiger partial charge in [0.15, 0.2) is 0 Å². The highest BCUT2D eigenvalue weighted by Gasteiger charge is 2.23. The van der Waals surface area contributed by atoms with Gasteiger partial charge in [-0.2, -0.15) is 5.26 Å². The number of piperazine rings is 1. The fraction of sp³-hybridized carbons (Fsp3) is 0.286. The minimum absolute atomic E-state index is 0.0747. The third-order valence-corrected chi connectivity index (χ3v) is 6.45. The molecule has 2 amide bonds. The molecule has 1 fully saturated rings. The van der Waals surface area contributed by atoms with E-state index in [9.17, 15) is 9.59 Å². The molecule has 0 spiro atoms. The van der Waals surface area contributed by atoms with Gasteiger partial charge in [0.25, 0.3) is 0 Å². The summed E-state index contributed by atoms with van der Waals surface area (Å²) in [7, 11) is 1.80. The molecule has 0 saturated carbocycles. The van der Waals surface area contributed by atoms with Crippen LogP contribution in [0.3, 0.4) is 0 Å². The number of benzene rings is 2. The van der Waals surface area contributed by atoms with Crippen molar-refractivity contribution in [1.29, 1.82) is 5.26 Å². The number of nitrogens with zero attached hydrogens (tertiary/aromatic N) is 4. The largest absolute Gasteiger partial charge is 0.359 e. The predicted molar refractivity (Wildman–Crippen MR) is 139 cm³/mol. The van der Waals surface area contributed by atoms with Crippen LogP contribution < -0.4 is 15.5 Å². The lowest BCUT2D eigenvalue weighted by molar-refractivity contribution is -0.129. The second-order valence-electron chi connectivity index (χ2n) is 9.01. The summed E-state index contributed by atoms with van der Waals surface area (Å²) in [5.41, 5.74) is 3.42. The monoisotopic (exact) mass is 482 g/mol. The molecular formula is C28H30N6O2. The van der Waals surface area contributed by atoms with E-state index in [0.717, 1.165) is 23.4 Å². The maximum Gasteiger partial charge on any atom is 0.247 e. The summed E-state index contributed by atoms with van der Waals surface area (Å²) >= 11 is 0. The molecule has 0 aliphatic carbocycles. The number of amides is 2. The third-order valence-electron chi connectivity index (χ3n) is 6.45. The average molecular weight is 483 g/mol. The normalized spacial score (nSPS) is 15.2. The summed E-state index contributed by atoms with van der Waals surface area (Å²) in [6, 6.07) is 22.3. The van der Waals surface area contributed by atoms with E-state index >= 15 is 0 Å². The Hall–Kier alpha value is -4.22. The van der Waals surface area contributed by atoms with Gasteiger partial charge < -0.3 is 20.4 Å². The van der Waals surface area contributed by atoms with E-state index in [1.54, 1.807) is 36.3 Å². The van der Waals surface area contributed by atoms with E-state index in [1.165, 1.54) is 0 Å². The molecule has 36 heavy (non-hydrogen) atoms. The molecule has 0 unspecified atom stereocenters. The molecule has 2 aromatic carbocycles. The molecule has 184 valence electrons. The number of aromatic nitrogens is 1. The lowest BCUT2D eigenvalue weighted by Gasteiger charge is -2.33. The SMILES string of the molecule is C[C@@H](CN[C@H](C(=O)Nc1ccc(N2CCN(C)C(=O)C2)cn1)c1ccccc1)c1ccc(C#N)cc1. The van der Waals surface area contributed by atoms with Crippen molar-refractivity contribution in [1.82, 2.24) is 15.2 Å². The Balaban J connectivity index is 1.42. The zero-order chi connectivity index (χ0) is 25.5. The van der Waals surface area contributed by atoms with Crippen molar-refractivity contribution in [2.45, 2.75) is 18.9 Å². The highest BCUT2D eigenvalue weighted by atomic mass is 16.2. The van der Waals surface area contributed by atoms with Gasteiger partial charge in [-0.3, -0.25) is 9.59 Å². The zero-order valence-corrected chi connectivity index (χ0v) is 20.5. The van der Waals surface area contributed by atoms with Gasteiger partial charge in [-0.1, -0.05) is 49.4 Å². The Labute approximate surface area is 211 Å². The van der Waals surface area contributed by atoms with E-state index in [4.69, 9.17) is 5.26 Å². The van der Waals surface area contributed by atoms with Gasteiger partial charge in [-0.15, -0.1) is 0 Å². The Morgan fingerprint density at radius 2 is 1.81 bits per heavy atom. The second-order valence-corrected chi connectivity index (χ2v) is 9.01. The molecule has 1 aliphatic heterocycles. The first-order chi connectivity index (χ1) is 17.4. The number of nitrogens with one attached hydrogen (secondary N) is 2. The average Bonchev–Trinajstić information content (AvgIpc) is 2.91. The predicted octanol–water partition coefficient (Wildman–Crippen LogP) is 3.30. The smallest absolute Gasteiger partial charge is 0.247 e. The highest BCUT2D eigenvalue weighted by molar-refractivity contribution is 5.95. The van der Waals surface area contributed by atoms with Crippen LogP contribution in [0, 0.1) is 11.3 Å². The van der Waals surface area contributed by atoms with Crippen molar-refractivity contribution in [3.63, 3.8) is 0 Å². The molecule has 1 saturated heterocycles. The van der Waals surface area contributed by atoms with Gasteiger partial charge in [0.05, 0.1) is 30.1 Å². The first-order valence-electron chi connectivity index (χ1n) is 12.0. The van der Waals surface area contributed by atoms with Gasteiger partial charge in [-0.05, 0) is 41.3 Å². The standard InChI is InChI=1S/C28H30N6O2/c1-20(22-10-8-21(16-29)9-11-22)17-31-27(23-6-4-3-5-7-23)28(36)32-25-13-12-24(18-30-25)34-15-14-33(2)26(35)19-34/h3-13,18,20,27,31H,14-15,17,19H2,1-2H3,(H,30,32,36)/t20-,27-/m0/s1. The molecule has 0 radical (unpaired) electrons. The number of anilines is 2. The van der Waals surface area contributed by atoms with Crippen molar-refractivity contribution in [2.24, 2.45) is 0 Å². The van der Waals surface area contributed by atoms with Gasteiger partial charge in [0.2, 0.25) is 11.8 Å². The Bertz CT molecular complexity index is 1220. The van der Waals surface area contributed by atoms with Crippen LogP contribution in [0.5, 0.6) is 0 Å². The molecule has 0 bridgehead atoms. The van der Waals surface area contributed by atoms with Crippen LogP contribution >= 0.6 is 0 Å². The van der Waals surface area contributed by atoms with Crippen molar-refractivity contribution in [3.05, 3.63) is 89.6 Å². The van der Waals surface area contributed by atoms with Crippen LogP contribution in [-0.2, 0) is 9.59 Å². The summed E-state index contributed by atoms with van der Waals surface area (Å²) in [5.74, 6) is 0.460. The minimum Gasteiger partial charge on any atom is -0.359 e.